The van der Waals surface area contributed by atoms with Crippen molar-refractivity contribution in [3.63, 3.8) is 0 Å². The normalized spacial score (nSPS) is 21.7. The molecule has 1 N–H and O–H groups in total. The molecule has 5 heteroatoms. The third-order valence-corrected chi connectivity index (χ3v) is 3.87. The quantitative estimate of drug-likeness (QED) is 0.919. The van der Waals surface area contributed by atoms with Crippen LogP contribution in [0.4, 0.5) is 0 Å². The molecule has 5 nitrogen and oxygen atoms in total. The summed E-state index contributed by atoms with van der Waals surface area (Å²) in [4.78, 5) is 4.54. The number of nitrogens with zero attached hydrogens (tertiary/aromatic N) is 2. The zero-order chi connectivity index (χ0) is 16.3. The molecule has 0 radical (unpaired) electrons. The largest absolute Gasteiger partial charge is 0.371 e. The first-order valence-electron chi connectivity index (χ1n) is 8.27. The Morgan fingerprint density at radius 3 is 2.74 bits per heavy atom. The van der Waals surface area contributed by atoms with Crippen molar-refractivity contribution in [3.8, 4) is 0 Å². The minimum Gasteiger partial charge on any atom is -0.371 e. The number of nitrogens with one attached hydrogen (secondary N) is 1. The molecule has 1 saturated heterocycles. The highest BCUT2D eigenvalue weighted by Crippen LogP contribution is 2.26. The fourth-order valence-electron chi connectivity index (χ4n) is 2.89. The summed E-state index contributed by atoms with van der Waals surface area (Å²) < 4.78 is 11.4. The van der Waals surface area contributed by atoms with E-state index in [1.165, 1.54) is 5.56 Å². The molecule has 0 saturated carbocycles. The summed E-state index contributed by atoms with van der Waals surface area (Å²) in [5.74, 6) is 1.44. The molecule has 3 rings (SSSR count). The molecule has 124 valence electrons. The van der Waals surface area contributed by atoms with Gasteiger partial charge in [0, 0.05) is 13.0 Å². The van der Waals surface area contributed by atoms with E-state index in [2.05, 4.69) is 60.5 Å². The van der Waals surface area contributed by atoms with Crippen LogP contribution in [0.1, 0.15) is 50.5 Å². The molecule has 0 amide bonds. The van der Waals surface area contributed by atoms with Gasteiger partial charge in [-0.3, -0.25) is 0 Å². The van der Waals surface area contributed by atoms with E-state index in [0.29, 0.717) is 5.89 Å². The van der Waals surface area contributed by atoms with Gasteiger partial charge >= 0.3 is 0 Å². The van der Waals surface area contributed by atoms with E-state index in [4.69, 9.17) is 9.26 Å². The molecule has 0 bridgehead atoms. The third kappa shape index (κ3) is 4.62. The van der Waals surface area contributed by atoms with Crippen LogP contribution in [0.3, 0.4) is 0 Å². The van der Waals surface area contributed by atoms with E-state index < -0.39 is 0 Å². The van der Waals surface area contributed by atoms with Gasteiger partial charge in [0.05, 0.1) is 17.7 Å². The predicted molar refractivity (Wildman–Crippen MR) is 88.1 cm³/mol. The first-order valence-corrected chi connectivity index (χ1v) is 8.27. The van der Waals surface area contributed by atoms with Crippen molar-refractivity contribution in [3.05, 3.63) is 47.6 Å². The fraction of sp³-hybridized carbons (Fsp3) is 0.556. The van der Waals surface area contributed by atoms with Gasteiger partial charge in [0.15, 0.2) is 5.82 Å². The van der Waals surface area contributed by atoms with E-state index in [-0.39, 0.29) is 17.7 Å². The standard InChI is InChI=1S/C18H25N3O2/c1-18(2,3)22-14-11-15(19-12-14)17-20-16(21-23-17)10-9-13-7-5-4-6-8-13/h4-8,14-15,19H,9-12H2,1-3H3/t14-,15+/m1/s1. The highest BCUT2D eigenvalue weighted by molar-refractivity contribution is 5.15. The highest BCUT2D eigenvalue weighted by Gasteiger charge is 2.32. The van der Waals surface area contributed by atoms with Gasteiger partial charge in [-0.2, -0.15) is 4.98 Å². The molecule has 0 unspecified atom stereocenters. The molecule has 1 fully saturated rings. The SMILES string of the molecule is CC(C)(C)O[C@H]1CN[C@H](c2nc(CCc3ccccc3)no2)C1. The summed E-state index contributed by atoms with van der Waals surface area (Å²) in [6, 6.07) is 10.5. The lowest BCUT2D eigenvalue weighted by Gasteiger charge is -2.24. The lowest BCUT2D eigenvalue weighted by molar-refractivity contribution is -0.0512. The van der Waals surface area contributed by atoms with Crippen molar-refractivity contribution in [2.45, 2.75) is 57.8 Å². The van der Waals surface area contributed by atoms with Crippen LogP contribution in [0, 0.1) is 0 Å². The van der Waals surface area contributed by atoms with E-state index in [0.717, 1.165) is 31.6 Å². The molecule has 1 aromatic carbocycles. The topological polar surface area (TPSA) is 60.2 Å². The Hall–Kier alpha value is -1.72. The zero-order valence-electron chi connectivity index (χ0n) is 14.1. The molecular weight excluding hydrogens is 290 g/mol. The van der Waals surface area contributed by atoms with Crippen LogP contribution in [0.25, 0.3) is 0 Å². The molecule has 1 aromatic heterocycles. The summed E-state index contributed by atoms with van der Waals surface area (Å²) in [6.07, 6.45) is 2.78. The lowest BCUT2D eigenvalue weighted by Crippen LogP contribution is -2.28. The van der Waals surface area contributed by atoms with E-state index in [1.54, 1.807) is 0 Å². The van der Waals surface area contributed by atoms with Gasteiger partial charge in [0.2, 0.25) is 5.89 Å². The number of benzene rings is 1. The Morgan fingerprint density at radius 2 is 2.00 bits per heavy atom. The van der Waals surface area contributed by atoms with Crippen molar-refractivity contribution in [1.82, 2.24) is 15.5 Å². The maximum atomic E-state index is 6.01. The van der Waals surface area contributed by atoms with Crippen LogP contribution < -0.4 is 5.32 Å². The molecule has 2 heterocycles. The summed E-state index contributed by atoms with van der Waals surface area (Å²) >= 11 is 0. The second-order valence-electron chi connectivity index (χ2n) is 7.08. The van der Waals surface area contributed by atoms with Gasteiger partial charge in [-0.25, -0.2) is 0 Å². The number of ether oxygens (including phenoxy) is 1. The number of hydrogen-bond donors (Lipinski definition) is 1. The van der Waals surface area contributed by atoms with Crippen LogP contribution in [-0.4, -0.2) is 28.4 Å². The summed E-state index contributed by atoms with van der Waals surface area (Å²) in [6.45, 7) is 7.06. The first kappa shape index (κ1) is 16.1. The zero-order valence-corrected chi connectivity index (χ0v) is 14.1. The molecule has 0 aliphatic carbocycles. The van der Waals surface area contributed by atoms with E-state index in [9.17, 15) is 0 Å². The Morgan fingerprint density at radius 1 is 1.22 bits per heavy atom. The minimum atomic E-state index is -0.128. The van der Waals surface area contributed by atoms with Gasteiger partial charge in [0.25, 0.3) is 0 Å². The van der Waals surface area contributed by atoms with Gasteiger partial charge < -0.3 is 14.6 Å². The van der Waals surface area contributed by atoms with Crippen LogP contribution >= 0.6 is 0 Å². The number of aromatic nitrogens is 2. The molecule has 1 aliphatic rings. The predicted octanol–water partition coefficient (Wildman–Crippen LogP) is 3.07. The molecule has 23 heavy (non-hydrogen) atoms. The molecule has 2 aromatic rings. The van der Waals surface area contributed by atoms with Crippen molar-refractivity contribution in [1.29, 1.82) is 0 Å². The Labute approximate surface area is 137 Å². The summed E-state index contributed by atoms with van der Waals surface area (Å²) in [5, 5.41) is 7.52. The minimum absolute atomic E-state index is 0.0975. The van der Waals surface area contributed by atoms with Crippen LogP contribution in [0.15, 0.2) is 34.9 Å². The van der Waals surface area contributed by atoms with Crippen LogP contribution in [0.5, 0.6) is 0 Å². The maximum Gasteiger partial charge on any atom is 0.243 e. The van der Waals surface area contributed by atoms with Crippen LogP contribution in [0.2, 0.25) is 0 Å². The summed E-state index contributed by atoms with van der Waals surface area (Å²) in [5.41, 5.74) is 1.16. The van der Waals surface area contributed by atoms with Crippen molar-refractivity contribution in [2.24, 2.45) is 0 Å². The average molecular weight is 315 g/mol. The first-order chi connectivity index (χ1) is 11.0. The average Bonchev–Trinajstić information content (AvgIpc) is 3.13. The monoisotopic (exact) mass is 315 g/mol. The van der Waals surface area contributed by atoms with Crippen molar-refractivity contribution < 1.29 is 9.26 Å². The van der Waals surface area contributed by atoms with Crippen LogP contribution in [-0.2, 0) is 17.6 Å². The second kappa shape index (κ2) is 6.81. The number of hydrogen-bond acceptors (Lipinski definition) is 5. The van der Waals surface area contributed by atoms with Crippen molar-refractivity contribution in [2.75, 3.05) is 6.54 Å². The molecular formula is C18H25N3O2. The van der Waals surface area contributed by atoms with Gasteiger partial charge in [0.1, 0.15) is 0 Å². The number of aryl methyl sites for hydroxylation is 2. The van der Waals surface area contributed by atoms with Gasteiger partial charge in [-0.15, -0.1) is 0 Å². The Bertz CT molecular complexity index is 619. The number of rotatable bonds is 5. The summed E-state index contributed by atoms with van der Waals surface area (Å²) in [7, 11) is 0. The molecule has 1 aliphatic heterocycles. The Balaban J connectivity index is 1.53. The smallest absolute Gasteiger partial charge is 0.243 e. The van der Waals surface area contributed by atoms with E-state index >= 15 is 0 Å². The van der Waals surface area contributed by atoms with E-state index in [1.807, 2.05) is 6.07 Å². The molecule has 0 spiro atoms. The fourth-order valence-corrected chi connectivity index (χ4v) is 2.89. The molecule has 2 atom stereocenters. The van der Waals surface area contributed by atoms with Crippen molar-refractivity contribution >= 4 is 0 Å². The van der Waals surface area contributed by atoms with Gasteiger partial charge in [-0.1, -0.05) is 35.5 Å². The highest BCUT2D eigenvalue weighted by atomic mass is 16.5. The second-order valence-corrected chi connectivity index (χ2v) is 7.08. The van der Waals surface area contributed by atoms with Gasteiger partial charge in [-0.05, 0) is 39.2 Å². The lowest BCUT2D eigenvalue weighted by atomic mass is 10.1. The maximum absolute atomic E-state index is 6.01. The third-order valence-electron chi connectivity index (χ3n) is 3.87. The Kier molecular flexibility index (Phi) is 4.78.